The lowest BCUT2D eigenvalue weighted by atomic mass is 9.86. The predicted octanol–water partition coefficient (Wildman–Crippen LogP) is 2.57. The lowest BCUT2D eigenvalue weighted by Crippen LogP contribution is -2.52. The predicted molar refractivity (Wildman–Crippen MR) is 73.9 cm³/mol. The van der Waals surface area contributed by atoms with Gasteiger partial charge < -0.3 is 4.74 Å². The van der Waals surface area contributed by atoms with Crippen LogP contribution in [0.15, 0.2) is 24.3 Å². The Morgan fingerprint density at radius 2 is 1.95 bits per heavy atom. The minimum Gasteiger partial charge on any atom is -0.460 e. The SMILES string of the molecule is CC(C(=O)O[C@H]1CN2CCC1CC2)c1ccc(F)cc1. The Balaban J connectivity index is 1.62. The van der Waals surface area contributed by atoms with Crippen molar-refractivity contribution >= 4 is 5.97 Å². The average molecular weight is 277 g/mol. The van der Waals surface area contributed by atoms with E-state index < -0.39 is 0 Å². The molecule has 4 heteroatoms. The molecular formula is C16H20FNO2. The molecule has 0 spiro atoms. The summed E-state index contributed by atoms with van der Waals surface area (Å²) in [6.45, 7) is 4.95. The van der Waals surface area contributed by atoms with Crippen molar-refractivity contribution in [1.82, 2.24) is 4.90 Å². The number of ether oxygens (including phenoxy) is 1. The van der Waals surface area contributed by atoms with E-state index in [4.69, 9.17) is 4.74 Å². The van der Waals surface area contributed by atoms with Crippen LogP contribution in [0.5, 0.6) is 0 Å². The molecule has 3 aliphatic heterocycles. The van der Waals surface area contributed by atoms with Crippen molar-refractivity contribution < 1.29 is 13.9 Å². The first-order valence-electron chi connectivity index (χ1n) is 7.32. The molecule has 3 saturated heterocycles. The topological polar surface area (TPSA) is 29.5 Å². The number of rotatable bonds is 3. The lowest BCUT2D eigenvalue weighted by molar-refractivity contribution is -0.160. The molecule has 0 saturated carbocycles. The summed E-state index contributed by atoms with van der Waals surface area (Å²) in [6.07, 6.45) is 2.29. The fourth-order valence-corrected chi connectivity index (χ4v) is 3.18. The quantitative estimate of drug-likeness (QED) is 0.795. The molecular weight excluding hydrogens is 257 g/mol. The maximum absolute atomic E-state index is 12.9. The molecule has 2 bridgehead atoms. The summed E-state index contributed by atoms with van der Waals surface area (Å²) >= 11 is 0. The smallest absolute Gasteiger partial charge is 0.313 e. The highest BCUT2D eigenvalue weighted by atomic mass is 19.1. The largest absolute Gasteiger partial charge is 0.460 e. The van der Waals surface area contributed by atoms with Crippen LogP contribution in [0.4, 0.5) is 4.39 Å². The molecule has 1 aromatic carbocycles. The molecule has 3 aliphatic rings. The second-order valence-corrected chi connectivity index (χ2v) is 5.89. The normalized spacial score (nSPS) is 30.0. The number of hydrogen-bond acceptors (Lipinski definition) is 3. The Kier molecular flexibility index (Phi) is 3.74. The summed E-state index contributed by atoms with van der Waals surface area (Å²) in [5, 5.41) is 0. The third-order valence-corrected chi connectivity index (χ3v) is 4.59. The van der Waals surface area contributed by atoms with Gasteiger partial charge in [0.25, 0.3) is 0 Å². The summed E-state index contributed by atoms with van der Waals surface area (Å²) in [4.78, 5) is 14.6. The Hall–Kier alpha value is -1.42. The summed E-state index contributed by atoms with van der Waals surface area (Å²) in [6, 6.07) is 6.07. The number of carbonyl (C=O) groups excluding carboxylic acids is 1. The van der Waals surface area contributed by atoms with Gasteiger partial charge in [-0.3, -0.25) is 9.69 Å². The maximum atomic E-state index is 12.9. The van der Waals surface area contributed by atoms with Crippen LogP contribution in [0.25, 0.3) is 0 Å². The number of benzene rings is 1. The number of fused-ring (bicyclic) bond motifs is 3. The van der Waals surface area contributed by atoms with Gasteiger partial charge in [-0.25, -0.2) is 4.39 Å². The Morgan fingerprint density at radius 1 is 1.30 bits per heavy atom. The van der Waals surface area contributed by atoms with Crippen LogP contribution in [0.2, 0.25) is 0 Å². The molecule has 0 aromatic heterocycles. The molecule has 108 valence electrons. The van der Waals surface area contributed by atoms with Crippen LogP contribution in [-0.4, -0.2) is 36.6 Å². The zero-order valence-electron chi connectivity index (χ0n) is 11.7. The van der Waals surface area contributed by atoms with Gasteiger partial charge in [-0.15, -0.1) is 0 Å². The minimum absolute atomic E-state index is 0.0351. The first-order chi connectivity index (χ1) is 9.63. The molecule has 0 radical (unpaired) electrons. The first kappa shape index (κ1) is 13.6. The molecule has 0 amide bonds. The van der Waals surface area contributed by atoms with Gasteiger partial charge in [0.2, 0.25) is 0 Å². The standard InChI is InChI=1S/C16H20FNO2/c1-11(12-2-4-14(17)5-3-12)16(19)20-15-10-18-8-6-13(15)7-9-18/h2-5,11,13,15H,6-10H2,1H3/t11?,15-/m0/s1. The molecule has 2 atom stereocenters. The molecule has 3 fully saturated rings. The maximum Gasteiger partial charge on any atom is 0.313 e. The van der Waals surface area contributed by atoms with E-state index in [9.17, 15) is 9.18 Å². The highest BCUT2D eigenvalue weighted by Gasteiger charge is 2.37. The van der Waals surface area contributed by atoms with E-state index >= 15 is 0 Å². The van der Waals surface area contributed by atoms with Crippen LogP contribution in [0, 0.1) is 11.7 Å². The average Bonchev–Trinajstić information content (AvgIpc) is 2.48. The van der Waals surface area contributed by atoms with Gasteiger partial charge >= 0.3 is 5.97 Å². The molecule has 0 aliphatic carbocycles. The van der Waals surface area contributed by atoms with Crippen molar-refractivity contribution in [1.29, 1.82) is 0 Å². The van der Waals surface area contributed by atoms with E-state index in [1.54, 1.807) is 12.1 Å². The number of nitrogens with zero attached hydrogens (tertiary/aromatic N) is 1. The summed E-state index contributed by atoms with van der Waals surface area (Å²) < 4.78 is 18.6. The summed E-state index contributed by atoms with van der Waals surface area (Å²) in [7, 11) is 0. The fourth-order valence-electron chi connectivity index (χ4n) is 3.18. The van der Waals surface area contributed by atoms with Crippen molar-refractivity contribution in [2.24, 2.45) is 5.92 Å². The second-order valence-electron chi connectivity index (χ2n) is 5.89. The number of carbonyl (C=O) groups is 1. The van der Waals surface area contributed by atoms with Crippen LogP contribution in [-0.2, 0) is 9.53 Å². The number of piperidine rings is 3. The third-order valence-electron chi connectivity index (χ3n) is 4.59. The zero-order chi connectivity index (χ0) is 14.1. The Bertz CT molecular complexity index is 480. The Labute approximate surface area is 118 Å². The van der Waals surface area contributed by atoms with Crippen LogP contribution >= 0.6 is 0 Å². The molecule has 3 nitrogen and oxygen atoms in total. The fraction of sp³-hybridized carbons (Fsp3) is 0.562. The summed E-state index contributed by atoms with van der Waals surface area (Å²) in [5.74, 6) is -0.308. The van der Waals surface area contributed by atoms with Gasteiger partial charge in [-0.05, 0) is 56.5 Å². The molecule has 20 heavy (non-hydrogen) atoms. The minimum atomic E-state index is -0.342. The van der Waals surface area contributed by atoms with E-state index in [-0.39, 0.29) is 23.8 Å². The van der Waals surface area contributed by atoms with Crippen LogP contribution in [0.1, 0.15) is 31.2 Å². The van der Waals surface area contributed by atoms with Gasteiger partial charge in [0.1, 0.15) is 11.9 Å². The van der Waals surface area contributed by atoms with Crippen molar-refractivity contribution in [2.75, 3.05) is 19.6 Å². The van der Waals surface area contributed by atoms with E-state index in [1.165, 1.54) is 12.1 Å². The highest BCUT2D eigenvalue weighted by molar-refractivity contribution is 5.77. The molecule has 3 heterocycles. The second kappa shape index (κ2) is 5.52. The monoisotopic (exact) mass is 277 g/mol. The van der Waals surface area contributed by atoms with Gasteiger partial charge in [-0.2, -0.15) is 0 Å². The molecule has 0 N–H and O–H groups in total. The highest BCUT2D eigenvalue weighted by Crippen LogP contribution is 2.30. The number of halogens is 1. The number of hydrogen-bond donors (Lipinski definition) is 0. The van der Waals surface area contributed by atoms with E-state index in [2.05, 4.69) is 4.90 Å². The molecule has 4 rings (SSSR count). The van der Waals surface area contributed by atoms with Crippen molar-refractivity contribution in [3.8, 4) is 0 Å². The van der Waals surface area contributed by atoms with E-state index in [1.807, 2.05) is 6.92 Å². The van der Waals surface area contributed by atoms with Crippen molar-refractivity contribution in [2.45, 2.75) is 31.8 Å². The third kappa shape index (κ3) is 2.70. The van der Waals surface area contributed by atoms with Gasteiger partial charge in [0.05, 0.1) is 5.92 Å². The molecule has 1 aromatic rings. The van der Waals surface area contributed by atoms with Gasteiger partial charge in [-0.1, -0.05) is 12.1 Å². The van der Waals surface area contributed by atoms with Crippen molar-refractivity contribution in [3.63, 3.8) is 0 Å². The van der Waals surface area contributed by atoms with E-state index in [0.29, 0.717) is 5.92 Å². The number of esters is 1. The lowest BCUT2D eigenvalue weighted by Gasteiger charge is -2.44. The Morgan fingerprint density at radius 3 is 2.50 bits per heavy atom. The van der Waals surface area contributed by atoms with Gasteiger partial charge in [0.15, 0.2) is 0 Å². The van der Waals surface area contributed by atoms with E-state index in [0.717, 1.165) is 38.0 Å². The molecule has 1 unspecified atom stereocenters. The van der Waals surface area contributed by atoms with Crippen LogP contribution < -0.4 is 0 Å². The van der Waals surface area contributed by atoms with Crippen LogP contribution in [0.3, 0.4) is 0 Å². The van der Waals surface area contributed by atoms with Crippen molar-refractivity contribution in [3.05, 3.63) is 35.6 Å². The summed E-state index contributed by atoms with van der Waals surface area (Å²) in [5.41, 5.74) is 0.803. The first-order valence-corrected chi connectivity index (χ1v) is 7.32. The zero-order valence-corrected chi connectivity index (χ0v) is 11.7. The van der Waals surface area contributed by atoms with Gasteiger partial charge in [0, 0.05) is 6.54 Å².